The van der Waals surface area contributed by atoms with Gasteiger partial charge in [0, 0.05) is 6.04 Å². The van der Waals surface area contributed by atoms with E-state index < -0.39 is 12.1 Å². The number of benzene rings is 2. The Morgan fingerprint density at radius 2 is 1.81 bits per heavy atom. The SMILES string of the molecule is CCCCOc1ccc([C@@H](C(=O)NC2CCCCC2)N(C[C@@H]2COc3ccccc3O2)C(=O)CCl)cc1. The third-order valence-electron chi connectivity index (χ3n) is 6.88. The minimum absolute atomic E-state index is 0.106. The van der Waals surface area contributed by atoms with Crippen LogP contribution in [0.4, 0.5) is 0 Å². The number of halogens is 1. The molecule has 1 saturated carbocycles. The van der Waals surface area contributed by atoms with Gasteiger partial charge in [0.05, 0.1) is 13.2 Å². The zero-order valence-corrected chi connectivity index (χ0v) is 22.3. The van der Waals surface area contributed by atoms with Gasteiger partial charge in [0.25, 0.3) is 0 Å². The Labute approximate surface area is 224 Å². The van der Waals surface area contributed by atoms with Crippen LogP contribution in [-0.4, -0.2) is 54.5 Å². The number of ether oxygens (including phenoxy) is 3. The standard InChI is InChI=1S/C29H37ClN2O5/c1-2-3-17-35-23-15-13-21(14-16-23)28(29(34)31-22-9-5-4-6-10-22)32(27(33)18-30)19-24-20-36-25-11-7-8-12-26(25)37-24/h7-8,11-16,22,24,28H,2-6,9-10,17-20H2,1H3,(H,31,34)/t24-,28+/m1/s1. The Bertz CT molecular complexity index is 1030. The average Bonchev–Trinajstić information content (AvgIpc) is 2.93. The Morgan fingerprint density at radius 3 is 2.51 bits per heavy atom. The van der Waals surface area contributed by atoms with Crippen molar-refractivity contribution in [3.05, 3.63) is 54.1 Å². The third-order valence-corrected chi connectivity index (χ3v) is 7.11. The van der Waals surface area contributed by atoms with E-state index in [1.54, 1.807) is 0 Å². The van der Waals surface area contributed by atoms with E-state index in [0.717, 1.165) is 44.3 Å². The van der Waals surface area contributed by atoms with Gasteiger partial charge in [-0.25, -0.2) is 0 Å². The summed E-state index contributed by atoms with van der Waals surface area (Å²) in [4.78, 5) is 28.5. The largest absolute Gasteiger partial charge is 0.494 e. The molecule has 8 heteroatoms. The first kappa shape index (κ1) is 27.1. The van der Waals surface area contributed by atoms with Crippen molar-refractivity contribution in [1.82, 2.24) is 10.2 Å². The molecule has 200 valence electrons. The van der Waals surface area contributed by atoms with Gasteiger partial charge in [-0.05, 0) is 49.1 Å². The van der Waals surface area contributed by atoms with E-state index in [9.17, 15) is 9.59 Å². The molecular weight excluding hydrogens is 492 g/mol. The molecule has 2 atom stereocenters. The Hall–Kier alpha value is -2.93. The number of unbranched alkanes of at least 4 members (excludes halogenated alkanes) is 1. The minimum Gasteiger partial charge on any atom is -0.494 e. The molecule has 1 aliphatic heterocycles. The highest BCUT2D eigenvalue weighted by Crippen LogP contribution is 2.32. The summed E-state index contributed by atoms with van der Waals surface area (Å²) in [6.07, 6.45) is 6.85. The molecule has 0 bridgehead atoms. The van der Waals surface area contributed by atoms with Crippen molar-refractivity contribution in [3.8, 4) is 17.2 Å². The Balaban J connectivity index is 1.58. The van der Waals surface area contributed by atoms with Gasteiger partial charge < -0.3 is 24.4 Å². The molecule has 1 heterocycles. The summed E-state index contributed by atoms with van der Waals surface area (Å²) in [6.45, 7) is 3.19. The molecule has 0 spiro atoms. The zero-order chi connectivity index (χ0) is 26.0. The van der Waals surface area contributed by atoms with Crippen molar-refractivity contribution in [3.63, 3.8) is 0 Å². The fraction of sp³-hybridized carbons (Fsp3) is 0.517. The first-order valence-electron chi connectivity index (χ1n) is 13.4. The molecule has 0 aromatic heterocycles. The molecule has 2 aromatic rings. The van der Waals surface area contributed by atoms with Crippen molar-refractivity contribution in [2.24, 2.45) is 0 Å². The molecule has 2 aliphatic rings. The van der Waals surface area contributed by atoms with Crippen LogP contribution in [-0.2, 0) is 9.59 Å². The lowest BCUT2D eigenvalue weighted by atomic mass is 9.94. The maximum atomic E-state index is 13.8. The number of hydrogen-bond donors (Lipinski definition) is 1. The van der Waals surface area contributed by atoms with Gasteiger partial charge in [0.15, 0.2) is 17.6 Å². The van der Waals surface area contributed by atoms with E-state index in [0.29, 0.717) is 23.7 Å². The van der Waals surface area contributed by atoms with Gasteiger partial charge in [-0.15, -0.1) is 11.6 Å². The summed E-state index contributed by atoms with van der Waals surface area (Å²) in [6, 6.07) is 14.1. The van der Waals surface area contributed by atoms with E-state index >= 15 is 0 Å². The maximum Gasteiger partial charge on any atom is 0.247 e. The molecule has 2 aromatic carbocycles. The van der Waals surface area contributed by atoms with E-state index in [1.807, 2.05) is 48.5 Å². The van der Waals surface area contributed by atoms with Crippen LogP contribution in [0.25, 0.3) is 0 Å². The zero-order valence-electron chi connectivity index (χ0n) is 21.5. The van der Waals surface area contributed by atoms with Crippen LogP contribution in [0, 0.1) is 0 Å². The van der Waals surface area contributed by atoms with Crippen molar-refractivity contribution in [1.29, 1.82) is 0 Å². The van der Waals surface area contributed by atoms with Gasteiger partial charge in [-0.1, -0.05) is 56.9 Å². The number of nitrogens with one attached hydrogen (secondary N) is 1. The van der Waals surface area contributed by atoms with Gasteiger partial charge in [-0.2, -0.15) is 0 Å². The molecule has 37 heavy (non-hydrogen) atoms. The Kier molecular flexibility index (Phi) is 9.94. The fourth-order valence-corrected chi connectivity index (χ4v) is 5.03. The van der Waals surface area contributed by atoms with E-state index in [4.69, 9.17) is 25.8 Å². The van der Waals surface area contributed by atoms with Gasteiger partial charge in [-0.3, -0.25) is 9.59 Å². The van der Waals surface area contributed by atoms with Crippen LogP contribution in [0.1, 0.15) is 63.5 Å². The van der Waals surface area contributed by atoms with Crippen LogP contribution in [0.3, 0.4) is 0 Å². The quantitative estimate of drug-likeness (QED) is 0.318. The second-order valence-electron chi connectivity index (χ2n) is 9.69. The average molecular weight is 529 g/mol. The lowest BCUT2D eigenvalue weighted by Crippen LogP contribution is -2.51. The number of nitrogens with zero attached hydrogens (tertiary/aromatic N) is 1. The highest BCUT2D eigenvalue weighted by molar-refractivity contribution is 6.27. The van der Waals surface area contributed by atoms with Gasteiger partial charge >= 0.3 is 0 Å². The van der Waals surface area contributed by atoms with Crippen molar-refractivity contribution < 1.29 is 23.8 Å². The van der Waals surface area contributed by atoms with Crippen molar-refractivity contribution >= 4 is 23.4 Å². The molecular formula is C29H37ClN2O5. The number of alkyl halides is 1. The lowest BCUT2D eigenvalue weighted by Gasteiger charge is -2.36. The predicted octanol–water partition coefficient (Wildman–Crippen LogP) is 5.26. The highest BCUT2D eigenvalue weighted by Gasteiger charge is 2.35. The van der Waals surface area contributed by atoms with Crippen LogP contribution < -0.4 is 19.5 Å². The number of carbonyl (C=O) groups is 2. The molecule has 7 nitrogen and oxygen atoms in total. The summed E-state index contributed by atoms with van der Waals surface area (Å²) < 4.78 is 17.8. The second-order valence-corrected chi connectivity index (χ2v) is 9.96. The first-order chi connectivity index (χ1) is 18.1. The summed E-state index contributed by atoms with van der Waals surface area (Å²) >= 11 is 6.05. The van der Waals surface area contributed by atoms with Crippen LogP contribution in [0.15, 0.2) is 48.5 Å². The second kappa shape index (κ2) is 13.6. The molecule has 2 amide bonds. The summed E-state index contributed by atoms with van der Waals surface area (Å²) in [5, 5.41) is 3.21. The number of amides is 2. The van der Waals surface area contributed by atoms with Crippen molar-refractivity contribution in [2.45, 2.75) is 70.1 Å². The maximum absolute atomic E-state index is 13.8. The minimum atomic E-state index is -0.848. The molecule has 0 unspecified atom stereocenters. The number of carbonyl (C=O) groups excluding carboxylic acids is 2. The number of fused-ring (bicyclic) bond motifs is 1. The molecule has 0 saturated heterocycles. The molecule has 1 N–H and O–H groups in total. The number of para-hydroxylation sites is 2. The van der Waals surface area contributed by atoms with E-state index in [-0.39, 0.29) is 36.9 Å². The molecule has 1 aliphatic carbocycles. The van der Waals surface area contributed by atoms with Crippen LogP contribution in [0.5, 0.6) is 17.2 Å². The van der Waals surface area contributed by atoms with Gasteiger partial charge in [0.2, 0.25) is 11.8 Å². The predicted molar refractivity (Wildman–Crippen MR) is 143 cm³/mol. The summed E-state index contributed by atoms with van der Waals surface area (Å²) in [5.41, 5.74) is 0.701. The normalized spacial score (nSPS) is 18.1. The highest BCUT2D eigenvalue weighted by atomic mass is 35.5. The number of hydrogen-bond acceptors (Lipinski definition) is 5. The third kappa shape index (κ3) is 7.31. The first-order valence-corrected chi connectivity index (χ1v) is 13.9. The van der Waals surface area contributed by atoms with E-state index in [1.165, 1.54) is 11.3 Å². The van der Waals surface area contributed by atoms with Gasteiger partial charge in [0.1, 0.15) is 24.3 Å². The number of rotatable bonds is 11. The topological polar surface area (TPSA) is 77.1 Å². The van der Waals surface area contributed by atoms with Crippen LogP contribution in [0.2, 0.25) is 0 Å². The molecule has 1 fully saturated rings. The summed E-state index contributed by atoms with van der Waals surface area (Å²) in [5.74, 6) is 1.24. The fourth-order valence-electron chi connectivity index (χ4n) is 4.88. The summed E-state index contributed by atoms with van der Waals surface area (Å²) in [7, 11) is 0. The lowest BCUT2D eigenvalue weighted by molar-refractivity contribution is -0.141. The van der Waals surface area contributed by atoms with E-state index in [2.05, 4.69) is 12.2 Å². The monoisotopic (exact) mass is 528 g/mol. The smallest absolute Gasteiger partial charge is 0.247 e. The van der Waals surface area contributed by atoms with Crippen molar-refractivity contribution in [2.75, 3.05) is 25.6 Å². The molecule has 4 rings (SSSR count). The molecule has 0 radical (unpaired) electrons. The van der Waals surface area contributed by atoms with Crippen LogP contribution >= 0.6 is 11.6 Å². The Morgan fingerprint density at radius 1 is 1.08 bits per heavy atom.